The highest BCUT2D eigenvalue weighted by atomic mass is 32.1. The van der Waals surface area contributed by atoms with Crippen LogP contribution in [0.4, 0.5) is 0 Å². The second-order valence-electron chi connectivity index (χ2n) is 6.04. The number of ether oxygens (including phenoxy) is 2. The highest BCUT2D eigenvalue weighted by Gasteiger charge is 2.57. The van der Waals surface area contributed by atoms with Gasteiger partial charge in [-0.15, -0.1) is 0 Å². The van der Waals surface area contributed by atoms with Gasteiger partial charge in [0, 0.05) is 12.3 Å². The van der Waals surface area contributed by atoms with E-state index in [1.54, 1.807) is 30.7 Å². The summed E-state index contributed by atoms with van der Waals surface area (Å²) < 4.78 is 10.2. The average Bonchev–Trinajstić information content (AvgIpc) is 2.99. The summed E-state index contributed by atoms with van der Waals surface area (Å²) in [5.74, 6) is -4.63. The van der Waals surface area contributed by atoms with Crippen molar-refractivity contribution < 1.29 is 29.0 Å². The van der Waals surface area contributed by atoms with Gasteiger partial charge in [-0.2, -0.15) is 11.3 Å². The van der Waals surface area contributed by atoms with Gasteiger partial charge in [0.15, 0.2) is 5.78 Å². The first-order valence-electron chi connectivity index (χ1n) is 7.94. The number of ketones is 1. The molecule has 0 bridgehead atoms. The molecule has 0 radical (unpaired) electrons. The Balaban J connectivity index is 2.53. The van der Waals surface area contributed by atoms with Crippen LogP contribution < -0.4 is 0 Å². The molecule has 6 nitrogen and oxygen atoms in total. The predicted molar refractivity (Wildman–Crippen MR) is 87.6 cm³/mol. The molecule has 1 aliphatic carbocycles. The van der Waals surface area contributed by atoms with Crippen LogP contribution >= 0.6 is 11.3 Å². The number of rotatable bonds is 5. The number of carbonyl (C=O) groups excluding carboxylic acids is 3. The molecular weight excluding hydrogens is 332 g/mol. The summed E-state index contributed by atoms with van der Waals surface area (Å²) in [6, 6.07) is 1.75. The molecule has 24 heavy (non-hydrogen) atoms. The van der Waals surface area contributed by atoms with Gasteiger partial charge in [-0.05, 0) is 43.2 Å². The molecule has 1 heterocycles. The van der Waals surface area contributed by atoms with Crippen LogP contribution in [-0.4, -0.2) is 41.6 Å². The molecule has 1 aromatic rings. The maximum Gasteiger partial charge on any atom is 0.317 e. The molecule has 1 aliphatic rings. The molecular formula is C17H22O6S. The Bertz CT molecular complexity index is 607. The lowest BCUT2D eigenvalue weighted by atomic mass is 9.62. The van der Waals surface area contributed by atoms with Crippen molar-refractivity contribution in [1.29, 1.82) is 0 Å². The summed E-state index contributed by atoms with van der Waals surface area (Å²) >= 11 is 1.39. The molecule has 1 saturated carbocycles. The lowest BCUT2D eigenvalue weighted by molar-refractivity contribution is -0.172. The SMILES string of the molecule is CCOC(=O)[C@@H]1C(=O)C[C@](C)(O)[C@H](C(=O)OCC)[C@@H]1c1ccsc1. The summed E-state index contributed by atoms with van der Waals surface area (Å²) in [5, 5.41) is 14.3. The number of hydrogen-bond donors (Lipinski definition) is 1. The molecule has 1 N–H and O–H groups in total. The van der Waals surface area contributed by atoms with Crippen LogP contribution in [0.25, 0.3) is 0 Å². The fourth-order valence-corrected chi connectivity index (χ4v) is 4.05. The molecule has 7 heteroatoms. The Morgan fingerprint density at radius 1 is 1.29 bits per heavy atom. The molecule has 0 aromatic carbocycles. The summed E-state index contributed by atoms with van der Waals surface area (Å²) in [6.45, 7) is 5.05. The zero-order valence-corrected chi connectivity index (χ0v) is 14.8. The molecule has 0 spiro atoms. The summed E-state index contributed by atoms with van der Waals surface area (Å²) in [7, 11) is 0. The van der Waals surface area contributed by atoms with Crippen molar-refractivity contribution in [2.75, 3.05) is 13.2 Å². The highest BCUT2D eigenvalue weighted by Crippen LogP contribution is 2.47. The van der Waals surface area contributed by atoms with E-state index in [1.807, 2.05) is 0 Å². The van der Waals surface area contributed by atoms with E-state index in [9.17, 15) is 19.5 Å². The predicted octanol–water partition coefficient (Wildman–Crippen LogP) is 1.91. The standard InChI is InChI=1S/C17H22O6S/c1-4-22-15(19)13-11(18)8-17(3,21)14(16(20)23-5-2)12(13)10-6-7-24-9-10/h6-7,9,12-14,21H,4-5,8H2,1-3H3/t12-,13-,14+,17+/m1/s1. The van der Waals surface area contributed by atoms with E-state index in [1.165, 1.54) is 18.3 Å². The average molecular weight is 354 g/mol. The third-order valence-corrected chi connectivity index (χ3v) is 4.98. The van der Waals surface area contributed by atoms with Gasteiger partial charge in [0.05, 0.1) is 24.7 Å². The molecule has 1 aromatic heterocycles. The Hall–Kier alpha value is -1.73. The summed E-state index contributed by atoms with van der Waals surface area (Å²) in [5.41, 5.74) is -0.928. The van der Waals surface area contributed by atoms with Crippen molar-refractivity contribution in [2.24, 2.45) is 11.8 Å². The Morgan fingerprint density at radius 2 is 1.92 bits per heavy atom. The monoisotopic (exact) mass is 354 g/mol. The van der Waals surface area contributed by atoms with Crippen molar-refractivity contribution in [2.45, 2.75) is 38.7 Å². The molecule has 0 aliphatic heterocycles. The fourth-order valence-electron chi connectivity index (χ4n) is 3.34. The zero-order chi connectivity index (χ0) is 17.9. The van der Waals surface area contributed by atoms with E-state index in [0.29, 0.717) is 5.56 Å². The smallest absolute Gasteiger partial charge is 0.317 e. The first-order chi connectivity index (χ1) is 11.3. The van der Waals surface area contributed by atoms with Crippen LogP contribution in [0.2, 0.25) is 0 Å². The lowest BCUT2D eigenvalue weighted by Gasteiger charge is -2.43. The van der Waals surface area contributed by atoms with Gasteiger partial charge in [-0.25, -0.2) is 0 Å². The van der Waals surface area contributed by atoms with Gasteiger partial charge in [0.25, 0.3) is 0 Å². The number of hydrogen-bond acceptors (Lipinski definition) is 7. The lowest BCUT2D eigenvalue weighted by Crippen LogP contribution is -2.55. The van der Waals surface area contributed by atoms with E-state index in [2.05, 4.69) is 0 Å². The Labute approximate surface area is 144 Å². The number of thiophene rings is 1. The topological polar surface area (TPSA) is 89.9 Å². The van der Waals surface area contributed by atoms with E-state index >= 15 is 0 Å². The van der Waals surface area contributed by atoms with Crippen LogP contribution in [-0.2, 0) is 23.9 Å². The molecule has 0 saturated heterocycles. The van der Waals surface area contributed by atoms with Crippen molar-refractivity contribution in [1.82, 2.24) is 0 Å². The van der Waals surface area contributed by atoms with Crippen molar-refractivity contribution in [3.8, 4) is 0 Å². The van der Waals surface area contributed by atoms with Gasteiger partial charge < -0.3 is 14.6 Å². The van der Waals surface area contributed by atoms with Gasteiger partial charge in [-0.1, -0.05) is 0 Å². The first kappa shape index (κ1) is 18.6. The number of carbonyl (C=O) groups is 3. The summed E-state index contributed by atoms with van der Waals surface area (Å²) in [4.78, 5) is 37.4. The third kappa shape index (κ3) is 3.52. The minimum absolute atomic E-state index is 0.138. The normalized spacial score (nSPS) is 30.0. The minimum atomic E-state index is -1.58. The Morgan fingerprint density at radius 3 is 2.46 bits per heavy atom. The second-order valence-corrected chi connectivity index (χ2v) is 6.82. The van der Waals surface area contributed by atoms with Gasteiger partial charge in [-0.3, -0.25) is 14.4 Å². The van der Waals surface area contributed by atoms with E-state index in [0.717, 1.165) is 0 Å². The second kappa shape index (κ2) is 7.44. The van der Waals surface area contributed by atoms with Crippen molar-refractivity contribution in [3.63, 3.8) is 0 Å². The number of Topliss-reactive ketones (excluding diaryl/α,β-unsaturated/α-hetero) is 1. The van der Waals surface area contributed by atoms with Gasteiger partial charge in [0.1, 0.15) is 5.92 Å². The maximum absolute atomic E-state index is 12.5. The molecule has 0 amide bonds. The fraction of sp³-hybridized carbons (Fsp3) is 0.588. The van der Waals surface area contributed by atoms with Crippen molar-refractivity contribution in [3.05, 3.63) is 22.4 Å². The van der Waals surface area contributed by atoms with Gasteiger partial charge in [0.2, 0.25) is 0 Å². The highest BCUT2D eigenvalue weighted by molar-refractivity contribution is 7.08. The van der Waals surface area contributed by atoms with Crippen LogP contribution in [0.1, 0.15) is 38.7 Å². The molecule has 1 fully saturated rings. The van der Waals surface area contributed by atoms with E-state index in [4.69, 9.17) is 9.47 Å². The molecule has 4 atom stereocenters. The number of esters is 2. The van der Waals surface area contributed by atoms with Crippen LogP contribution in [0.5, 0.6) is 0 Å². The van der Waals surface area contributed by atoms with Crippen LogP contribution in [0.3, 0.4) is 0 Å². The summed E-state index contributed by atoms with van der Waals surface area (Å²) in [6.07, 6.45) is -0.291. The molecule has 132 valence electrons. The minimum Gasteiger partial charge on any atom is -0.466 e. The van der Waals surface area contributed by atoms with Crippen LogP contribution in [0, 0.1) is 11.8 Å². The quantitative estimate of drug-likeness (QED) is 0.642. The first-order valence-corrected chi connectivity index (χ1v) is 8.88. The van der Waals surface area contributed by atoms with Gasteiger partial charge >= 0.3 is 11.9 Å². The Kier molecular flexibility index (Phi) is 5.77. The number of aliphatic hydroxyl groups is 1. The zero-order valence-electron chi connectivity index (χ0n) is 14.0. The largest absolute Gasteiger partial charge is 0.466 e. The maximum atomic E-state index is 12.5. The van der Waals surface area contributed by atoms with E-state index in [-0.39, 0.29) is 19.6 Å². The van der Waals surface area contributed by atoms with Crippen LogP contribution in [0.15, 0.2) is 16.8 Å². The van der Waals surface area contributed by atoms with E-state index < -0.39 is 41.1 Å². The van der Waals surface area contributed by atoms with Crippen molar-refractivity contribution >= 4 is 29.1 Å². The third-order valence-electron chi connectivity index (χ3n) is 4.28. The molecule has 0 unspecified atom stereocenters. The molecule has 2 rings (SSSR count).